The first kappa shape index (κ1) is 12.4. The van der Waals surface area contributed by atoms with E-state index in [1.54, 1.807) is 13.8 Å². The number of nitrogens with zero attached hydrogens (tertiary/aromatic N) is 2. The molecule has 0 spiro atoms. The van der Waals surface area contributed by atoms with Crippen molar-refractivity contribution in [1.82, 2.24) is 4.98 Å². The van der Waals surface area contributed by atoms with Gasteiger partial charge >= 0.3 is 5.97 Å². The van der Waals surface area contributed by atoms with Crippen LogP contribution in [0.2, 0.25) is 0 Å². The predicted octanol–water partition coefficient (Wildman–Crippen LogP) is 0.980. The van der Waals surface area contributed by atoms with Crippen molar-refractivity contribution in [1.29, 1.82) is 0 Å². The zero-order valence-corrected chi connectivity index (χ0v) is 10.6. The molecule has 1 aliphatic heterocycles. The maximum Gasteiger partial charge on any atom is 0.309 e. The van der Waals surface area contributed by atoms with Crippen LogP contribution >= 0.6 is 11.3 Å². The summed E-state index contributed by atoms with van der Waals surface area (Å²) >= 11 is 1.08. The van der Waals surface area contributed by atoms with Gasteiger partial charge in [-0.05, 0) is 13.8 Å². The van der Waals surface area contributed by atoms with Gasteiger partial charge in [0.1, 0.15) is 0 Å². The minimum absolute atomic E-state index is 0.220. The molecule has 1 aliphatic rings. The molecule has 2 heterocycles. The van der Waals surface area contributed by atoms with Crippen LogP contribution in [0.25, 0.3) is 0 Å². The predicted molar refractivity (Wildman–Crippen MR) is 64.3 cm³/mol. The van der Waals surface area contributed by atoms with E-state index in [1.165, 1.54) is 5.38 Å². The topological polar surface area (TPSA) is 87.6 Å². The van der Waals surface area contributed by atoms with Gasteiger partial charge in [0.2, 0.25) is 0 Å². The van der Waals surface area contributed by atoms with Crippen LogP contribution in [0.15, 0.2) is 16.5 Å². The normalized spacial score (nSPS) is 15.8. The molecule has 0 aliphatic carbocycles. The first-order valence-electron chi connectivity index (χ1n) is 5.14. The van der Waals surface area contributed by atoms with Crippen molar-refractivity contribution in [2.24, 2.45) is 0 Å². The standard InChI is InChI=1S/C11H10N2O4S/c1-5-6(2)10(17)13(9(5)16)11-12-7(4-18-11)3-8(14)15/h4H,3H2,1-2H3,(H,14,15). The molecule has 0 saturated carbocycles. The van der Waals surface area contributed by atoms with Crippen LogP contribution in [0.3, 0.4) is 0 Å². The number of carboxylic acids is 1. The Labute approximate surface area is 107 Å². The Kier molecular flexibility index (Phi) is 3.00. The highest BCUT2D eigenvalue weighted by molar-refractivity contribution is 7.14. The van der Waals surface area contributed by atoms with E-state index in [-0.39, 0.29) is 11.6 Å². The van der Waals surface area contributed by atoms with Crippen LogP contribution in [0, 0.1) is 0 Å². The number of hydrogen-bond acceptors (Lipinski definition) is 5. The molecular formula is C11H10N2O4S. The Morgan fingerprint density at radius 1 is 1.33 bits per heavy atom. The minimum atomic E-state index is -1.00. The maximum absolute atomic E-state index is 11.9. The Balaban J connectivity index is 2.29. The summed E-state index contributed by atoms with van der Waals surface area (Å²) in [5.41, 5.74) is 1.13. The number of anilines is 1. The average Bonchev–Trinajstić information content (AvgIpc) is 2.80. The van der Waals surface area contributed by atoms with E-state index in [9.17, 15) is 14.4 Å². The highest BCUT2D eigenvalue weighted by Gasteiger charge is 2.36. The molecule has 18 heavy (non-hydrogen) atoms. The van der Waals surface area contributed by atoms with Crippen LogP contribution in [0.5, 0.6) is 0 Å². The fourth-order valence-electron chi connectivity index (χ4n) is 1.56. The van der Waals surface area contributed by atoms with Crippen LogP contribution in [0.4, 0.5) is 5.13 Å². The number of thiazole rings is 1. The zero-order valence-electron chi connectivity index (χ0n) is 9.76. The molecule has 0 fully saturated rings. The van der Waals surface area contributed by atoms with Crippen LogP contribution in [0.1, 0.15) is 19.5 Å². The quantitative estimate of drug-likeness (QED) is 0.824. The van der Waals surface area contributed by atoms with Gasteiger partial charge in [-0.3, -0.25) is 14.4 Å². The second-order valence-electron chi connectivity index (χ2n) is 3.89. The lowest BCUT2D eigenvalue weighted by Gasteiger charge is -2.09. The third-order valence-corrected chi connectivity index (χ3v) is 3.55. The third-order valence-electron chi connectivity index (χ3n) is 2.67. The van der Waals surface area contributed by atoms with Gasteiger partial charge in [-0.1, -0.05) is 0 Å². The van der Waals surface area contributed by atoms with Crippen molar-refractivity contribution < 1.29 is 19.5 Å². The van der Waals surface area contributed by atoms with E-state index in [0.717, 1.165) is 16.2 Å². The SMILES string of the molecule is CC1=C(C)C(=O)N(c2nc(CC(=O)O)cs2)C1=O. The van der Waals surface area contributed by atoms with Crippen LogP contribution in [-0.2, 0) is 20.8 Å². The van der Waals surface area contributed by atoms with E-state index in [4.69, 9.17) is 5.11 Å². The molecule has 1 aromatic rings. The largest absolute Gasteiger partial charge is 0.481 e. The first-order chi connectivity index (χ1) is 8.41. The summed E-state index contributed by atoms with van der Waals surface area (Å²) in [7, 11) is 0. The van der Waals surface area contributed by atoms with Gasteiger partial charge in [0.05, 0.1) is 12.1 Å². The Morgan fingerprint density at radius 2 is 1.89 bits per heavy atom. The smallest absolute Gasteiger partial charge is 0.309 e. The highest BCUT2D eigenvalue weighted by atomic mass is 32.1. The van der Waals surface area contributed by atoms with Crippen molar-refractivity contribution in [3.63, 3.8) is 0 Å². The van der Waals surface area contributed by atoms with Gasteiger partial charge in [0.25, 0.3) is 11.8 Å². The molecule has 2 rings (SSSR count). The van der Waals surface area contributed by atoms with Gasteiger partial charge in [0.15, 0.2) is 5.13 Å². The lowest BCUT2D eigenvalue weighted by molar-refractivity contribution is -0.136. The third kappa shape index (κ3) is 1.92. The van der Waals surface area contributed by atoms with Gasteiger partial charge in [-0.25, -0.2) is 9.88 Å². The number of carbonyl (C=O) groups excluding carboxylic acids is 2. The zero-order chi connectivity index (χ0) is 13.4. The lowest BCUT2D eigenvalue weighted by atomic mass is 10.2. The van der Waals surface area contributed by atoms with Crippen molar-refractivity contribution >= 4 is 34.3 Å². The summed E-state index contributed by atoms with van der Waals surface area (Å²) in [6.45, 7) is 3.17. The van der Waals surface area contributed by atoms with E-state index < -0.39 is 17.8 Å². The molecule has 0 atom stereocenters. The summed E-state index contributed by atoms with van der Waals surface area (Å²) in [5, 5.41) is 10.4. The van der Waals surface area contributed by atoms with E-state index in [2.05, 4.69) is 4.98 Å². The number of aromatic nitrogens is 1. The lowest BCUT2D eigenvalue weighted by Crippen LogP contribution is -2.31. The number of hydrogen-bond donors (Lipinski definition) is 1. The van der Waals surface area contributed by atoms with Crippen LogP contribution in [-0.4, -0.2) is 27.9 Å². The molecular weight excluding hydrogens is 256 g/mol. The fourth-order valence-corrected chi connectivity index (χ4v) is 2.38. The molecule has 7 heteroatoms. The summed E-state index contributed by atoms with van der Waals surface area (Å²) in [6.07, 6.45) is -0.224. The van der Waals surface area contributed by atoms with Gasteiger partial charge in [-0.2, -0.15) is 0 Å². The van der Waals surface area contributed by atoms with E-state index >= 15 is 0 Å². The fraction of sp³-hybridized carbons (Fsp3) is 0.273. The van der Waals surface area contributed by atoms with Gasteiger partial charge < -0.3 is 5.11 Å². The molecule has 0 aromatic carbocycles. The molecule has 0 radical (unpaired) electrons. The maximum atomic E-state index is 11.9. The summed E-state index contributed by atoms with van der Waals surface area (Å²) in [6, 6.07) is 0. The van der Waals surface area contributed by atoms with Gasteiger partial charge in [-0.15, -0.1) is 11.3 Å². The second-order valence-corrected chi connectivity index (χ2v) is 4.72. The Morgan fingerprint density at radius 3 is 2.39 bits per heavy atom. The van der Waals surface area contributed by atoms with Crippen molar-refractivity contribution in [2.45, 2.75) is 20.3 Å². The Hall–Kier alpha value is -2.02. The van der Waals surface area contributed by atoms with Crippen molar-refractivity contribution in [3.8, 4) is 0 Å². The molecule has 0 saturated heterocycles. The summed E-state index contributed by atoms with van der Waals surface area (Å²) in [4.78, 5) is 39.2. The first-order valence-corrected chi connectivity index (χ1v) is 6.02. The molecule has 94 valence electrons. The monoisotopic (exact) mass is 266 g/mol. The summed E-state index contributed by atoms with van der Waals surface area (Å²) < 4.78 is 0. The van der Waals surface area contributed by atoms with Crippen molar-refractivity contribution in [3.05, 3.63) is 22.2 Å². The number of carbonyl (C=O) groups is 3. The van der Waals surface area contributed by atoms with Crippen LogP contribution < -0.4 is 4.90 Å². The molecule has 1 aromatic heterocycles. The minimum Gasteiger partial charge on any atom is -0.481 e. The number of carboxylic acid groups (broad SMARTS) is 1. The molecule has 1 N–H and O–H groups in total. The molecule has 0 bridgehead atoms. The molecule has 0 unspecified atom stereocenters. The molecule has 6 nitrogen and oxygen atoms in total. The van der Waals surface area contributed by atoms with Gasteiger partial charge in [0, 0.05) is 16.5 Å². The number of imide groups is 1. The van der Waals surface area contributed by atoms with E-state index in [1.807, 2.05) is 0 Å². The number of aliphatic carboxylic acids is 1. The highest BCUT2D eigenvalue weighted by Crippen LogP contribution is 2.29. The van der Waals surface area contributed by atoms with Crippen molar-refractivity contribution in [2.75, 3.05) is 4.90 Å². The summed E-state index contributed by atoms with van der Waals surface area (Å²) in [5.74, 6) is -1.79. The average molecular weight is 266 g/mol. The number of rotatable bonds is 3. The Bertz CT molecular complexity index is 564. The number of amides is 2. The van der Waals surface area contributed by atoms with E-state index in [0.29, 0.717) is 16.8 Å². The second kappa shape index (κ2) is 4.34. The molecule has 2 amide bonds.